The number of rotatable bonds is 4. The Morgan fingerprint density at radius 1 is 1.18 bits per heavy atom. The van der Waals surface area contributed by atoms with Gasteiger partial charge in [0.05, 0.1) is 29.7 Å². The zero-order valence-corrected chi connectivity index (χ0v) is 30.5. The average Bonchev–Trinajstić information content (AvgIpc) is 3.52. The molecule has 50 heavy (non-hydrogen) atoms. The normalized spacial score (nSPS) is 30.2. The molecule has 9 nitrogen and oxygen atoms in total. The molecule has 2 aliphatic carbocycles. The molecule has 266 valence electrons. The van der Waals surface area contributed by atoms with Crippen molar-refractivity contribution < 1.29 is 23.3 Å². The minimum atomic E-state index is -3.48. The van der Waals surface area contributed by atoms with Crippen LogP contribution in [0, 0.1) is 24.7 Å². The van der Waals surface area contributed by atoms with E-state index in [9.17, 15) is 13.8 Å². The fourth-order valence-electron chi connectivity index (χ4n) is 8.50. The SMILES string of the molecule is CCn1ccc(C(=O)N[S@@]2(=O)=NC(=O)c3ccc4c(c3)N(C[C@@H]3CC[C@H]3[C@@H](OC)/C=C/C[C@H](C)C2)C[C@@]2(CCCc3cc(C)ccc32)CO4)c1. The number of amides is 2. The molecule has 0 saturated heterocycles. The second-order valence-corrected chi connectivity index (χ2v) is 17.0. The van der Waals surface area contributed by atoms with E-state index in [4.69, 9.17) is 9.47 Å². The van der Waals surface area contributed by atoms with Gasteiger partial charge in [0.15, 0.2) is 0 Å². The predicted molar refractivity (Wildman–Crippen MR) is 197 cm³/mol. The second kappa shape index (κ2) is 14.0. The lowest BCUT2D eigenvalue weighted by atomic mass is 9.68. The number of aryl methyl sites for hydroxylation is 3. The number of carbonyl (C=O) groups excluding carboxylic acids is 2. The topological polar surface area (TPSA) is 102 Å². The van der Waals surface area contributed by atoms with Crippen LogP contribution >= 0.6 is 0 Å². The first-order valence-electron chi connectivity index (χ1n) is 18.2. The monoisotopic (exact) mass is 698 g/mol. The molecule has 1 fully saturated rings. The number of nitrogens with one attached hydrogen (secondary N) is 1. The third-order valence-electron chi connectivity index (χ3n) is 11.3. The standard InChI is InChI=1S/C40H50N4O5S/c1-5-43-19-17-32(22-43)39(46)42-50(47)24-28(3)8-6-10-36(48-4)33-14-12-31(33)23-44-25-40(18-7-9-29-20-27(2)11-15-34(29)40)26-49-37-16-13-30(21-35(37)44)38(45)41-50/h6,10-11,13,15-17,19-22,28,31,33,36H,5,7-9,12,14,18,23-26H2,1-4H3,(H,41,42,45,46,47)/b10-6+/t28-,31-,33+,36-,40-,50-/m0/s1. The van der Waals surface area contributed by atoms with Gasteiger partial charge in [-0.25, -0.2) is 4.21 Å². The van der Waals surface area contributed by atoms with E-state index in [-0.39, 0.29) is 23.2 Å². The quantitative estimate of drug-likeness (QED) is 0.298. The summed E-state index contributed by atoms with van der Waals surface area (Å²) < 4.78 is 36.1. The minimum absolute atomic E-state index is 0.0341. The predicted octanol–water partition coefficient (Wildman–Crippen LogP) is 6.88. The van der Waals surface area contributed by atoms with Crippen LogP contribution in [0.3, 0.4) is 0 Å². The van der Waals surface area contributed by atoms with Gasteiger partial charge in [-0.3, -0.25) is 14.3 Å². The Labute approximate surface area is 296 Å². The van der Waals surface area contributed by atoms with E-state index in [0.29, 0.717) is 42.5 Å². The van der Waals surface area contributed by atoms with Crippen LogP contribution in [-0.2, 0) is 33.0 Å². The van der Waals surface area contributed by atoms with Gasteiger partial charge in [0.2, 0.25) is 0 Å². The molecule has 1 N–H and O–H groups in total. The Balaban J connectivity index is 1.30. The van der Waals surface area contributed by atoms with Crippen molar-refractivity contribution in [3.63, 3.8) is 0 Å². The zero-order valence-electron chi connectivity index (χ0n) is 29.7. The van der Waals surface area contributed by atoms with E-state index in [2.05, 4.69) is 51.3 Å². The first-order chi connectivity index (χ1) is 24.1. The summed E-state index contributed by atoms with van der Waals surface area (Å²) in [5.74, 6) is 0.309. The molecular weight excluding hydrogens is 649 g/mol. The number of ether oxygens (including phenoxy) is 2. The number of fused-ring (bicyclic) bond motifs is 4. The fraction of sp³-hybridized carbons (Fsp3) is 0.500. The molecule has 2 aliphatic heterocycles. The maximum atomic E-state index is 14.5. The third kappa shape index (κ3) is 6.89. The van der Waals surface area contributed by atoms with Crippen molar-refractivity contribution in [2.75, 3.05) is 37.5 Å². The minimum Gasteiger partial charge on any atom is -0.490 e. The van der Waals surface area contributed by atoms with Gasteiger partial charge < -0.3 is 18.9 Å². The first kappa shape index (κ1) is 34.6. The number of anilines is 1. The molecule has 3 heterocycles. The molecule has 7 rings (SSSR count). The van der Waals surface area contributed by atoms with Gasteiger partial charge in [0.25, 0.3) is 11.8 Å². The maximum Gasteiger partial charge on any atom is 0.286 e. The van der Waals surface area contributed by atoms with E-state index < -0.39 is 21.7 Å². The third-order valence-corrected chi connectivity index (χ3v) is 13.3. The Kier molecular flexibility index (Phi) is 9.69. The number of benzene rings is 2. The largest absolute Gasteiger partial charge is 0.490 e. The maximum absolute atomic E-state index is 14.5. The molecule has 1 spiro atoms. The number of allylic oxidation sites excluding steroid dienone is 1. The highest BCUT2D eigenvalue weighted by Gasteiger charge is 2.44. The molecule has 0 radical (unpaired) electrons. The molecule has 0 unspecified atom stereocenters. The number of hydrogen-bond acceptors (Lipinski definition) is 6. The summed E-state index contributed by atoms with van der Waals surface area (Å²) in [5.41, 5.74) is 5.40. The van der Waals surface area contributed by atoms with Crippen LogP contribution in [0.4, 0.5) is 5.69 Å². The van der Waals surface area contributed by atoms with Crippen molar-refractivity contribution in [3.05, 3.63) is 94.8 Å². The van der Waals surface area contributed by atoms with Crippen molar-refractivity contribution in [2.45, 2.75) is 77.4 Å². The lowest BCUT2D eigenvalue weighted by molar-refractivity contribution is 0.0131. The van der Waals surface area contributed by atoms with E-state index in [1.54, 1.807) is 31.6 Å². The molecule has 10 heteroatoms. The number of methoxy groups -OCH3 is 1. The molecule has 2 aromatic carbocycles. The Morgan fingerprint density at radius 3 is 2.80 bits per heavy atom. The first-order valence-corrected chi connectivity index (χ1v) is 19.9. The van der Waals surface area contributed by atoms with E-state index >= 15 is 0 Å². The van der Waals surface area contributed by atoms with Gasteiger partial charge in [0.1, 0.15) is 15.7 Å². The van der Waals surface area contributed by atoms with Crippen molar-refractivity contribution in [1.82, 2.24) is 9.29 Å². The van der Waals surface area contributed by atoms with Crippen LogP contribution in [0.1, 0.15) is 83.4 Å². The van der Waals surface area contributed by atoms with Gasteiger partial charge in [-0.2, -0.15) is 0 Å². The fourth-order valence-corrected chi connectivity index (χ4v) is 10.4. The van der Waals surface area contributed by atoms with Gasteiger partial charge in [-0.1, -0.05) is 42.8 Å². The van der Waals surface area contributed by atoms with Crippen LogP contribution in [0.2, 0.25) is 0 Å². The van der Waals surface area contributed by atoms with Gasteiger partial charge >= 0.3 is 0 Å². The summed E-state index contributed by atoms with van der Waals surface area (Å²) >= 11 is 0. The van der Waals surface area contributed by atoms with Crippen molar-refractivity contribution in [3.8, 4) is 5.75 Å². The van der Waals surface area contributed by atoms with E-state index in [1.165, 1.54) is 16.7 Å². The van der Waals surface area contributed by atoms with Gasteiger partial charge in [0, 0.05) is 50.1 Å². The van der Waals surface area contributed by atoms with Gasteiger partial charge in [-0.15, -0.1) is 4.36 Å². The zero-order chi connectivity index (χ0) is 35.0. The van der Waals surface area contributed by atoms with Gasteiger partial charge in [-0.05, 0) is 106 Å². The molecule has 1 saturated carbocycles. The summed E-state index contributed by atoms with van der Waals surface area (Å²) in [4.78, 5) is 29.8. The Hall–Kier alpha value is -3.89. The molecule has 6 atom stereocenters. The average molecular weight is 699 g/mol. The van der Waals surface area contributed by atoms with Crippen LogP contribution in [0.15, 0.2) is 71.4 Å². The summed E-state index contributed by atoms with van der Waals surface area (Å²) in [6, 6.07) is 14.0. The van der Waals surface area contributed by atoms with E-state index in [1.807, 2.05) is 30.5 Å². The lowest BCUT2D eigenvalue weighted by Crippen LogP contribution is -2.49. The molecule has 2 bridgehead atoms. The highest BCUT2D eigenvalue weighted by Crippen LogP contribution is 2.47. The lowest BCUT2D eigenvalue weighted by Gasteiger charge is -2.46. The van der Waals surface area contributed by atoms with E-state index in [0.717, 1.165) is 56.6 Å². The number of hydrogen-bond donors (Lipinski definition) is 1. The van der Waals surface area contributed by atoms with Crippen LogP contribution in [0.25, 0.3) is 0 Å². The highest BCUT2D eigenvalue weighted by atomic mass is 32.2. The molecule has 2 amide bonds. The second-order valence-electron chi connectivity index (χ2n) is 15.0. The number of nitrogens with zero attached hydrogens (tertiary/aromatic N) is 3. The van der Waals surface area contributed by atoms with Crippen LogP contribution in [0.5, 0.6) is 5.75 Å². The summed E-state index contributed by atoms with van der Waals surface area (Å²) in [6.07, 6.45) is 13.7. The highest BCUT2D eigenvalue weighted by molar-refractivity contribution is 7.92. The number of aromatic nitrogens is 1. The molecule has 1 aromatic heterocycles. The Morgan fingerprint density at radius 2 is 2.04 bits per heavy atom. The molecular formula is C40H50N4O5S. The Bertz CT molecular complexity index is 1930. The molecule has 3 aromatic rings. The van der Waals surface area contributed by atoms with Crippen molar-refractivity contribution >= 4 is 27.4 Å². The summed E-state index contributed by atoms with van der Waals surface area (Å²) in [5, 5.41) is 0. The van der Waals surface area contributed by atoms with Crippen molar-refractivity contribution in [1.29, 1.82) is 0 Å². The smallest absolute Gasteiger partial charge is 0.286 e. The summed E-state index contributed by atoms with van der Waals surface area (Å²) in [6.45, 7) is 8.94. The van der Waals surface area contributed by atoms with Crippen LogP contribution < -0.4 is 14.4 Å². The number of carbonyl (C=O) groups is 2. The van der Waals surface area contributed by atoms with Crippen LogP contribution in [-0.4, -0.2) is 59.3 Å². The van der Waals surface area contributed by atoms with Crippen molar-refractivity contribution in [2.24, 2.45) is 22.1 Å². The molecule has 4 aliphatic rings. The summed E-state index contributed by atoms with van der Waals surface area (Å²) in [7, 11) is -1.70.